The van der Waals surface area contributed by atoms with Crippen molar-refractivity contribution < 1.29 is 4.79 Å². The molecule has 1 saturated carbocycles. The first kappa shape index (κ1) is 28.0. The smallest absolute Gasteiger partial charge is 0.232 e. The van der Waals surface area contributed by atoms with Crippen molar-refractivity contribution >= 4 is 16.8 Å². The van der Waals surface area contributed by atoms with Gasteiger partial charge in [0, 0.05) is 30.0 Å². The van der Waals surface area contributed by atoms with Crippen molar-refractivity contribution in [2.75, 3.05) is 19.6 Å². The number of aromatic amines is 1. The number of piperidine rings is 2. The summed E-state index contributed by atoms with van der Waals surface area (Å²) in [5.41, 5.74) is 8.11. The normalized spacial score (nSPS) is 20.1. The first-order chi connectivity index (χ1) is 18.7. The van der Waals surface area contributed by atoms with Gasteiger partial charge in [-0.2, -0.15) is 0 Å². The van der Waals surface area contributed by atoms with Crippen LogP contribution in [0.2, 0.25) is 0 Å². The molecule has 3 fully saturated rings. The summed E-state index contributed by atoms with van der Waals surface area (Å²) in [6, 6.07) is 14.0. The molecule has 1 aromatic heterocycles. The van der Waals surface area contributed by atoms with E-state index in [2.05, 4.69) is 93.1 Å². The Morgan fingerprint density at radius 2 is 1.77 bits per heavy atom. The Morgan fingerprint density at radius 1 is 1.05 bits per heavy atom. The number of aryl methyl sites for hydroxylation is 2. The molecule has 39 heavy (non-hydrogen) atoms. The zero-order chi connectivity index (χ0) is 27.7. The molecular weight excluding hydrogens is 478 g/mol. The molecule has 3 aromatic rings. The van der Waals surface area contributed by atoms with Crippen LogP contribution in [0.25, 0.3) is 22.2 Å². The number of nitrogens with one attached hydrogen (secondary N) is 2. The van der Waals surface area contributed by atoms with Gasteiger partial charge in [-0.1, -0.05) is 49.9 Å². The van der Waals surface area contributed by atoms with Gasteiger partial charge in [0.15, 0.2) is 0 Å². The van der Waals surface area contributed by atoms with Crippen LogP contribution in [0, 0.1) is 19.8 Å². The van der Waals surface area contributed by atoms with Crippen LogP contribution in [0.4, 0.5) is 0 Å². The average Bonchev–Trinajstić information content (AvgIpc) is 3.31. The van der Waals surface area contributed by atoms with Gasteiger partial charge in [-0.3, -0.25) is 4.79 Å². The number of hydrogen-bond acceptors (Lipinski definition) is 2. The molecule has 2 saturated heterocycles. The number of carbonyl (C=O) groups is 1. The number of rotatable bonds is 10. The van der Waals surface area contributed by atoms with Crippen molar-refractivity contribution in [3.05, 3.63) is 58.7 Å². The summed E-state index contributed by atoms with van der Waals surface area (Å²) < 4.78 is 0. The fraction of sp³-hybridized carbons (Fsp3) is 0.571. The molecular formula is C35H49N3O. The van der Waals surface area contributed by atoms with Crippen LogP contribution in [0.5, 0.6) is 0 Å². The molecule has 0 radical (unpaired) electrons. The lowest BCUT2D eigenvalue weighted by molar-refractivity contribution is -0.144. The molecule has 3 aliphatic rings. The molecule has 1 amide bonds. The van der Waals surface area contributed by atoms with Gasteiger partial charge in [0.05, 0.1) is 11.1 Å². The molecule has 2 aromatic carbocycles. The fourth-order valence-corrected chi connectivity index (χ4v) is 7.18. The van der Waals surface area contributed by atoms with Crippen LogP contribution in [-0.2, 0) is 10.2 Å². The van der Waals surface area contributed by atoms with Gasteiger partial charge >= 0.3 is 0 Å². The van der Waals surface area contributed by atoms with Gasteiger partial charge in [-0.25, -0.2) is 0 Å². The maximum absolute atomic E-state index is 14.0. The van der Waals surface area contributed by atoms with E-state index in [-0.39, 0.29) is 0 Å². The molecule has 2 N–H and O–H groups in total. The van der Waals surface area contributed by atoms with Crippen LogP contribution < -0.4 is 5.32 Å². The third-order valence-electron chi connectivity index (χ3n) is 9.48. The number of carbonyl (C=O) groups excluding carboxylic acids is 1. The Hall–Kier alpha value is -2.59. The standard InChI is InChI=1S/C35H49N3O/c1-7-8-9-16-36-21-25(4)32-30-20-28(35(5,6)34(39)38-22-26-10-13-29(38)14-11-26)12-15-31(30)37-33(32)27-18-23(2)17-24(3)19-27/h12,15,17-20,25-26,29,36-37H,7-11,13-14,16,21-22H2,1-6H3/t25-,26?,29?/m1/s1. The Kier molecular flexibility index (Phi) is 8.24. The Bertz CT molecular complexity index is 1290. The first-order valence-corrected chi connectivity index (χ1v) is 15.5. The van der Waals surface area contributed by atoms with Crippen molar-refractivity contribution in [3.63, 3.8) is 0 Å². The third-order valence-corrected chi connectivity index (χ3v) is 9.48. The maximum atomic E-state index is 14.0. The summed E-state index contributed by atoms with van der Waals surface area (Å²) in [5.74, 6) is 1.33. The van der Waals surface area contributed by atoms with Gasteiger partial charge in [0.25, 0.3) is 0 Å². The number of fused-ring (bicyclic) bond motifs is 4. The monoisotopic (exact) mass is 527 g/mol. The number of nitrogens with zero attached hydrogens (tertiary/aromatic N) is 1. The summed E-state index contributed by atoms with van der Waals surface area (Å²) in [6.45, 7) is 16.2. The minimum absolute atomic E-state index is 0.300. The number of unbranched alkanes of at least 4 members (excludes halogenated alkanes) is 2. The second kappa shape index (κ2) is 11.5. The molecule has 6 rings (SSSR count). The predicted molar refractivity (Wildman–Crippen MR) is 165 cm³/mol. The summed E-state index contributed by atoms with van der Waals surface area (Å²) >= 11 is 0. The van der Waals surface area contributed by atoms with Gasteiger partial charge in [-0.05, 0) is 119 Å². The lowest BCUT2D eigenvalue weighted by Gasteiger charge is -2.47. The molecule has 0 unspecified atom stereocenters. The van der Waals surface area contributed by atoms with E-state index in [1.165, 1.54) is 78.3 Å². The van der Waals surface area contributed by atoms with E-state index in [4.69, 9.17) is 0 Å². The van der Waals surface area contributed by atoms with E-state index < -0.39 is 5.41 Å². The first-order valence-electron chi connectivity index (χ1n) is 15.5. The molecule has 1 aliphatic carbocycles. The SMILES string of the molecule is CCCCCNC[C@@H](C)c1c(-c2cc(C)cc(C)c2)[nH]c2ccc(C(C)(C)C(=O)N3CC4CCC3CC4)cc12. The van der Waals surface area contributed by atoms with E-state index >= 15 is 0 Å². The number of benzene rings is 2. The van der Waals surface area contributed by atoms with Crippen molar-refractivity contribution in [2.45, 2.75) is 104 Å². The van der Waals surface area contributed by atoms with Gasteiger partial charge < -0.3 is 15.2 Å². The summed E-state index contributed by atoms with van der Waals surface area (Å²) in [6.07, 6.45) is 8.67. The Morgan fingerprint density at radius 3 is 2.41 bits per heavy atom. The maximum Gasteiger partial charge on any atom is 0.232 e. The number of H-pyrrole nitrogens is 1. The number of hydrogen-bond donors (Lipinski definition) is 2. The second-order valence-electron chi connectivity index (χ2n) is 13.1. The lowest BCUT2D eigenvalue weighted by Crippen LogP contribution is -2.55. The van der Waals surface area contributed by atoms with Crippen molar-refractivity contribution in [3.8, 4) is 11.3 Å². The lowest BCUT2D eigenvalue weighted by atomic mass is 9.76. The predicted octanol–water partition coefficient (Wildman–Crippen LogP) is 8.01. The van der Waals surface area contributed by atoms with Gasteiger partial charge in [0.1, 0.15) is 0 Å². The van der Waals surface area contributed by atoms with Crippen molar-refractivity contribution in [2.24, 2.45) is 5.92 Å². The fourth-order valence-electron chi connectivity index (χ4n) is 7.18. The topological polar surface area (TPSA) is 48.1 Å². The molecule has 0 spiro atoms. The summed E-state index contributed by atoms with van der Waals surface area (Å²) in [5, 5.41) is 4.98. The quantitative estimate of drug-likeness (QED) is 0.262. The summed E-state index contributed by atoms with van der Waals surface area (Å²) in [4.78, 5) is 20.0. The van der Waals surface area contributed by atoms with Crippen LogP contribution in [-0.4, -0.2) is 41.5 Å². The highest BCUT2D eigenvalue weighted by Gasteiger charge is 2.42. The van der Waals surface area contributed by atoms with E-state index in [1.807, 2.05) is 0 Å². The van der Waals surface area contributed by atoms with E-state index in [9.17, 15) is 4.79 Å². The Labute approximate surface area is 236 Å². The molecule has 4 nitrogen and oxygen atoms in total. The second-order valence-corrected chi connectivity index (χ2v) is 13.1. The highest BCUT2D eigenvalue weighted by molar-refractivity contribution is 5.94. The van der Waals surface area contributed by atoms with Crippen LogP contribution >= 0.6 is 0 Å². The van der Waals surface area contributed by atoms with E-state index in [0.717, 1.165) is 30.7 Å². The Balaban J connectivity index is 1.52. The molecule has 3 heterocycles. The highest BCUT2D eigenvalue weighted by Crippen LogP contribution is 2.41. The zero-order valence-electron chi connectivity index (χ0n) is 25.1. The molecule has 210 valence electrons. The number of amides is 1. The van der Waals surface area contributed by atoms with Gasteiger partial charge in [0.2, 0.25) is 5.91 Å². The minimum Gasteiger partial charge on any atom is -0.354 e. The zero-order valence-corrected chi connectivity index (χ0v) is 25.1. The molecule has 1 atom stereocenters. The van der Waals surface area contributed by atoms with Crippen molar-refractivity contribution in [1.29, 1.82) is 0 Å². The minimum atomic E-state index is -0.554. The van der Waals surface area contributed by atoms with Crippen LogP contribution in [0.1, 0.15) is 101 Å². The number of aromatic nitrogens is 1. The molecule has 2 bridgehead atoms. The van der Waals surface area contributed by atoms with Crippen LogP contribution in [0.3, 0.4) is 0 Å². The van der Waals surface area contributed by atoms with E-state index in [1.54, 1.807) is 0 Å². The average molecular weight is 528 g/mol. The largest absolute Gasteiger partial charge is 0.354 e. The van der Waals surface area contributed by atoms with Gasteiger partial charge in [-0.15, -0.1) is 0 Å². The molecule has 2 aliphatic heterocycles. The summed E-state index contributed by atoms with van der Waals surface area (Å²) in [7, 11) is 0. The van der Waals surface area contributed by atoms with E-state index in [0.29, 0.717) is 23.8 Å². The van der Waals surface area contributed by atoms with Crippen LogP contribution in [0.15, 0.2) is 36.4 Å². The highest BCUT2D eigenvalue weighted by atomic mass is 16.2. The molecule has 4 heteroatoms. The third kappa shape index (κ3) is 5.68. The van der Waals surface area contributed by atoms with Crippen molar-refractivity contribution in [1.82, 2.24) is 15.2 Å².